The van der Waals surface area contributed by atoms with Gasteiger partial charge in [0.25, 0.3) is 0 Å². The minimum atomic E-state index is -3.05. The van der Waals surface area contributed by atoms with Gasteiger partial charge in [-0.1, -0.05) is 28.8 Å². The molecule has 0 radical (unpaired) electrons. The number of rotatable bonds is 5. The van der Waals surface area contributed by atoms with Gasteiger partial charge in [-0.05, 0) is 26.2 Å². The maximum atomic E-state index is 11.8. The topological polar surface area (TPSA) is 46.2 Å². The first kappa shape index (κ1) is 12.5. The summed E-state index contributed by atoms with van der Waals surface area (Å²) in [6.45, 7) is 1.91. The predicted molar refractivity (Wildman–Crippen MR) is 62.2 cm³/mol. The van der Waals surface area contributed by atoms with E-state index in [1.54, 1.807) is 0 Å². The fourth-order valence-electron chi connectivity index (χ4n) is 1.80. The monoisotopic (exact) mass is 283 g/mol. The summed E-state index contributed by atoms with van der Waals surface area (Å²) in [5, 5.41) is 0.696. The lowest BCUT2D eigenvalue weighted by molar-refractivity contribution is 0.542. The van der Waals surface area contributed by atoms with Crippen molar-refractivity contribution < 1.29 is 8.42 Å². The Kier molecular flexibility index (Phi) is 4.87. The van der Waals surface area contributed by atoms with Crippen molar-refractivity contribution in [1.29, 1.82) is 0 Å². The molecule has 0 aromatic rings. The van der Waals surface area contributed by atoms with Crippen molar-refractivity contribution in [2.45, 2.75) is 50.3 Å². The van der Waals surface area contributed by atoms with Crippen LogP contribution >= 0.6 is 15.9 Å². The third-order valence-corrected chi connectivity index (χ3v) is 5.19. The highest BCUT2D eigenvalue weighted by Crippen LogP contribution is 2.24. The number of hydrogen-bond donors (Lipinski definition) is 1. The van der Waals surface area contributed by atoms with E-state index in [0.717, 1.165) is 37.4 Å². The van der Waals surface area contributed by atoms with Crippen LogP contribution in [0.5, 0.6) is 0 Å². The molecular weight excluding hydrogens is 266 g/mol. The second kappa shape index (κ2) is 5.47. The summed E-state index contributed by atoms with van der Waals surface area (Å²) in [6.07, 6.45) is 4.61. The van der Waals surface area contributed by atoms with Gasteiger partial charge in [-0.15, -0.1) is 0 Å². The Morgan fingerprint density at radius 1 is 1.43 bits per heavy atom. The van der Waals surface area contributed by atoms with E-state index in [0.29, 0.717) is 0 Å². The molecule has 3 nitrogen and oxygen atoms in total. The summed E-state index contributed by atoms with van der Waals surface area (Å²) in [6, 6.07) is 0.0416. The Morgan fingerprint density at radius 2 is 2.00 bits per heavy atom. The van der Waals surface area contributed by atoms with Crippen molar-refractivity contribution in [2.24, 2.45) is 0 Å². The lowest BCUT2D eigenvalue weighted by atomic mass is 10.3. The second-order valence-electron chi connectivity index (χ2n) is 3.95. The molecule has 0 bridgehead atoms. The van der Waals surface area contributed by atoms with Crippen molar-refractivity contribution in [2.75, 3.05) is 5.33 Å². The fourth-order valence-corrected chi connectivity index (χ4v) is 4.31. The highest BCUT2D eigenvalue weighted by molar-refractivity contribution is 9.09. The van der Waals surface area contributed by atoms with E-state index in [1.807, 2.05) is 6.92 Å². The van der Waals surface area contributed by atoms with Crippen molar-refractivity contribution >= 4 is 26.0 Å². The van der Waals surface area contributed by atoms with Crippen molar-refractivity contribution in [3.05, 3.63) is 0 Å². The Morgan fingerprint density at radius 3 is 2.50 bits per heavy atom. The second-order valence-corrected chi connectivity index (χ2v) is 6.73. The molecule has 0 spiro atoms. The van der Waals surface area contributed by atoms with Gasteiger partial charge in [-0.3, -0.25) is 0 Å². The summed E-state index contributed by atoms with van der Waals surface area (Å²) in [5.41, 5.74) is 0. The van der Waals surface area contributed by atoms with Gasteiger partial charge in [0, 0.05) is 11.4 Å². The molecule has 14 heavy (non-hydrogen) atoms. The Balaban J connectivity index is 2.48. The van der Waals surface area contributed by atoms with Crippen LogP contribution in [0.2, 0.25) is 0 Å². The molecule has 1 aliphatic rings. The molecule has 1 N–H and O–H groups in total. The lowest BCUT2D eigenvalue weighted by Gasteiger charge is -2.16. The van der Waals surface area contributed by atoms with E-state index in [1.165, 1.54) is 0 Å². The maximum Gasteiger partial charge on any atom is 0.214 e. The van der Waals surface area contributed by atoms with Crippen LogP contribution in [0.25, 0.3) is 0 Å². The van der Waals surface area contributed by atoms with E-state index in [2.05, 4.69) is 20.7 Å². The molecule has 0 saturated heterocycles. The quantitative estimate of drug-likeness (QED) is 0.785. The first-order valence-electron chi connectivity index (χ1n) is 5.13. The minimum absolute atomic E-state index is 0.0416. The SMILES string of the molecule is CC(CCBr)NS(=O)(=O)C1CCCC1. The van der Waals surface area contributed by atoms with Gasteiger partial charge in [-0.25, -0.2) is 13.1 Å². The molecule has 5 heteroatoms. The average molecular weight is 284 g/mol. The molecule has 0 aromatic heterocycles. The third kappa shape index (κ3) is 3.51. The third-order valence-electron chi connectivity index (χ3n) is 2.65. The summed E-state index contributed by atoms with van der Waals surface area (Å²) >= 11 is 3.31. The summed E-state index contributed by atoms with van der Waals surface area (Å²) in [4.78, 5) is 0. The largest absolute Gasteiger partial charge is 0.214 e. The summed E-state index contributed by atoms with van der Waals surface area (Å²) in [7, 11) is -3.05. The molecule has 1 fully saturated rings. The number of alkyl halides is 1. The average Bonchev–Trinajstić information content (AvgIpc) is 2.54. The summed E-state index contributed by atoms with van der Waals surface area (Å²) < 4.78 is 26.3. The maximum absolute atomic E-state index is 11.8. The van der Waals surface area contributed by atoms with Crippen molar-refractivity contribution in [1.82, 2.24) is 4.72 Å². The fraction of sp³-hybridized carbons (Fsp3) is 1.00. The highest BCUT2D eigenvalue weighted by Gasteiger charge is 2.29. The van der Waals surface area contributed by atoms with Gasteiger partial charge in [0.1, 0.15) is 0 Å². The standard InChI is InChI=1S/C9H18BrNO2S/c1-8(6-7-10)11-14(12,13)9-4-2-3-5-9/h8-9,11H,2-7H2,1H3. The molecule has 84 valence electrons. The molecule has 0 heterocycles. The van der Waals surface area contributed by atoms with Gasteiger partial charge in [0.15, 0.2) is 0 Å². The number of sulfonamides is 1. The molecule has 1 unspecified atom stereocenters. The first-order valence-corrected chi connectivity index (χ1v) is 7.80. The van der Waals surface area contributed by atoms with Crippen molar-refractivity contribution in [3.8, 4) is 0 Å². The number of halogens is 1. The summed E-state index contributed by atoms with van der Waals surface area (Å²) in [5.74, 6) is 0. The van der Waals surface area contributed by atoms with E-state index >= 15 is 0 Å². The Labute approximate surface area is 94.8 Å². The Bertz CT molecular complexity index is 260. The van der Waals surface area contributed by atoms with Gasteiger partial charge in [0.05, 0.1) is 5.25 Å². The number of hydrogen-bond acceptors (Lipinski definition) is 2. The van der Waals surface area contributed by atoms with E-state index < -0.39 is 10.0 Å². The van der Waals surface area contributed by atoms with Gasteiger partial charge < -0.3 is 0 Å². The lowest BCUT2D eigenvalue weighted by Crippen LogP contribution is -2.38. The van der Waals surface area contributed by atoms with Crippen LogP contribution < -0.4 is 4.72 Å². The first-order chi connectivity index (χ1) is 6.56. The van der Waals surface area contributed by atoms with Crippen LogP contribution in [0.4, 0.5) is 0 Å². The Hall–Kier alpha value is 0.390. The molecule has 1 saturated carbocycles. The zero-order chi connectivity index (χ0) is 10.6. The van der Waals surface area contributed by atoms with E-state index in [9.17, 15) is 8.42 Å². The van der Waals surface area contributed by atoms with E-state index in [-0.39, 0.29) is 11.3 Å². The molecule has 1 atom stereocenters. The van der Waals surface area contributed by atoms with Crippen LogP contribution in [-0.4, -0.2) is 25.0 Å². The molecule has 0 aliphatic heterocycles. The number of nitrogens with one attached hydrogen (secondary N) is 1. The highest BCUT2D eigenvalue weighted by atomic mass is 79.9. The minimum Gasteiger partial charge on any atom is -0.212 e. The van der Waals surface area contributed by atoms with Crippen LogP contribution in [0.15, 0.2) is 0 Å². The zero-order valence-corrected chi connectivity index (χ0v) is 10.9. The van der Waals surface area contributed by atoms with Crippen molar-refractivity contribution in [3.63, 3.8) is 0 Å². The van der Waals surface area contributed by atoms with Gasteiger partial charge >= 0.3 is 0 Å². The zero-order valence-electron chi connectivity index (χ0n) is 8.50. The normalized spacial score (nSPS) is 21.3. The van der Waals surface area contributed by atoms with Gasteiger partial charge in [0.2, 0.25) is 10.0 Å². The van der Waals surface area contributed by atoms with Gasteiger partial charge in [-0.2, -0.15) is 0 Å². The predicted octanol–water partition coefficient (Wildman–Crippen LogP) is 2.02. The molecular formula is C9H18BrNO2S. The molecule has 0 amide bonds. The molecule has 1 aliphatic carbocycles. The van der Waals surface area contributed by atoms with Crippen LogP contribution in [-0.2, 0) is 10.0 Å². The van der Waals surface area contributed by atoms with Crippen LogP contribution in [0.3, 0.4) is 0 Å². The molecule has 0 aromatic carbocycles. The molecule has 1 rings (SSSR count). The smallest absolute Gasteiger partial charge is 0.212 e. The van der Waals surface area contributed by atoms with E-state index in [4.69, 9.17) is 0 Å². The van der Waals surface area contributed by atoms with Crippen LogP contribution in [0, 0.1) is 0 Å². The van der Waals surface area contributed by atoms with Crippen LogP contribution in [0.1, 0.15) is 39.0 Å².